The van der Waals surface area contributed by atoms with Crippen molar-refractivity contribution in [3.05, 3.63) is 23.7 Å². The van der Waals surface area contributed by atoms with Gasteiger partial charge in [0.25, 0.3) is 0 Å². The van der Waals surface area contributed by atoms with E-state index in [1.165, 1.54) is 5.56 Å². The van der Waals surface area contributed by atoms with E-state index < -0.39 is 0 Å². The van der Waals surface area contributed by atoms with E-state index in [0.717, 1.165) is 12.3 Å². The molecule has 0 fully saturated rings. The monoisotopic (exact) mass is 239 g/mol. The minimum Gasteiger partial charge on any atom is -0.467 e. The molecule has 1 rings (SSSR count). The topological polar surface area (TPSA) is 34.4 Å². The molecule has 0 radical (unpaired) electrons. The summed E-state index contributed by atoms with van der Waals surface area (Å²) in [6.45, 7) is 12.1. The molecule has 0 bridgehead atoms. The Morgan fingerprint density at radius 2 is 1.94 bits per heavy atom. The summed E-state index contributed by atoms with van der Waals surface area (Å²) >= 11 is 0. The van der Waals surface area contributed by atoms with Gasteiger partial charge < -0.3 is 14.5 Å². The van der Waals surface area contributed by atoms with Gasteiger partial charge >= 0.3 is 0 Å². The van der Waals surface area contributed by atoms with E-state index >= 15 is 0 Å². The fourth-order valence-electron chi connectivity index (χ4n) is 1.32. The van der Waals surface area contributed by atoms with E-state index in [9.17, 15) is 0 Å². The van der Waals surface area contributed by atoms with Gasteiger partial charge in [-0.25, -0.2) is 0 Å². The first-order valence-corrected chi connectivity index (χ1v) is 6.40. The Morgan fingerprint density at radius 3 is 2.53 bits per heavy atom. The summed E-state index contributed by atoms with van der Waals surface area (Å²) in [6.07, 6.45) is 2.06. The van der Waals surface area contributed by atoms with Crippen LogP contribution in [0.2, 0.25) is 0 Å². The zero-order valence-electron chi connectivity index (χ0n) is 11.6. The largest absolute Gasteiger partial charge is 0.467 e. The molecule has 0 amide bonds. The van der Waals surface area contributed by atoms with Crippen LogP contribution < -0.4 is 5.32 Å². The van der Waals surface area contributed by atoms with Crippen molar-refractivity contribution in [2.45, 2.75) is 59.9 Å². The molecular weight excluding hydrogens is 214 g/mol. The van der Waals surface area contributed by atoms with Crippen LogP contribution in [0.3, 0.4) is 0 Å². The van der Waals surface area contributed by atoms with Crippen LogP contribution in [0.1, 0.15) is 45.9 Å². The lowest BCUT2D eigenvalue weighted by Gasteiger charge is -2.15. The van der Waals surface area contributed by atoms with E-state index in [0.29, 0.717) is 18.6 Å². The van der Waals surface area contributed by atoms with Crippen molar-refractivity contribution >= 4 is 0 Å². The summed E-state index contributed by atoms with van der Waals surface area (Å²) in [5.74, 6) is 1.44. The molecule has 0 aliphatic carbocycles. The summed E-state index contributed by atoms with van der Waals surface area (Å²) in [6, 6.07) is 2.55. The van der Waals surface area contributed by atoms with Crippen LogP contribution in [0, 0.1) is 5.92 Å². The Balaban J connectivity index is 2.35. The molecule has 0 saturated carbocycles. The lowest BCUT2D eigenvalue weighted by Crippen LogP contribution is -2.21. The van der Waals surface area contributed by atoms with Gasteiger partial charge in [0.1, 0.15) is 12.4 Å². The Morgan fingerprint density at radius 1 is 1.24 bits per heavy atom. The molecule has 0 spiro atoms. The molecule has 3 nitrogen and oxygen atoms in total. The molecule has 1 unspecified atom stereocenters. The lowest BCUT2D eigenvalue weighted by atomic mass is 10.1. The van der Waals surface area contributed by atoms with Gasteiger partial charge in [-0.2, -0.15) is 0 Å². The van der Waals surface area contributed by atoms with Crippen LogP contribution in [-0.2, 0) is 17.9 Å². The first-order valence-electron chi connectivity index (χ1n) is 6.40. The van der Waals surface area contributed by atoms with Crippen LogP contribution in [0.5, 0.6) is 0 Å². The molecule has 1 aromatic heterocycles. The molecule has 0 saturated heterocycles. The van der Waals surface area contributed by atoms with Crippen molar-refractivity contribution in [3.63, 3.8) is 0 Å². The van der Waals surface area contributed by atoms with Gasteiger partial charge in [0.2, 0.25) is 0 Å². The van der Waals surface area contributed by atoms with Crippen molar-refractivity contribution in [3.8, 4) is 0 Å². The molecule has 0 aliphatic rings. The number of rotatable bonds is 7. The summed E-state index contributed by atoms with van der Waals surface area (Å²) in [5.41, 5.74) is 1.18. The van der Waals surface area contributed by atoms with Gasteiger partial charge in [-0.15, -0.1) is 0 Å². The highest BCUT2D eigenvalue weighted by Crippen LogP contribution is 2.12. The number of hydrogen-bond acceptors (Lipinski definition) is 3. The maximum absolute atomic E-state index is 5.71. The standard InChI is InChI=1S/C14H25NO2/c1-10(2)12(5)16-9-14-6-13(8-17-14)7-15-11(3)4/h6,8,10-12,15H,7,9H2,1-5H3. The zero-order chi connectivity index (χ0) is 12.8. The highest BCUT2D eigenvalue weighted by atomic mass is 16.5. The summed E-state index contributed by atoms with van der Waals surface area (Å²) in [4.78, 5) is 0. The normalized spacial score (nSPS) is 13.6. The average Bonchev–Trinajstić information content (AvgIpc) is 2.70. The maximum atomic E-state index is 5.71. The predicted octanol–water partition coefficient (Wildman–Crippen LogP) is 3.34. The van der Waals surface area contributed by atoms with Crippen molar-refractivity contribution in [2.24, 2.45) is 5.92 Å². The van der Waals surface area contributed by atoms with E-state index in [-0.39, 0.29) is 6.10 Å². The molecule has 1 heterocycles. The van der Waals surface area contributed by atoms with Gasteiger partial charge in [-0.1, -0.05) is 27.7 Å². The molecule has 98 valence electrons. The second-order valence-electron chi connectivity index (χ2n) is 5.22. The van der Waals surface area contributed by atoms with Crippen LogP contribution in [0.4, 0.5) is 0 Å². The van der Waals surface area contributed by atoms with Crippen molar-refractivity contribution in [1.82, 2.24) is 5.32 Å². The molecule has 1 N–H and O–H groups in total. The first-order chi connectivity index (χ1) is 7.99. The second-order valence-corrected chi connectivity index (χ2v) is 5.22. The van der Waals surface area contributed by atoms with Crippen LogP contribution in [-0.4, -0.2) is 12.1 Å². The van der Waals surface area contributed by atoms with Crippen molar-refractivity contribution in [1.29, 1.82) is 0 Å². The van der Waals surface area contributed by atoms with Crippen LogP contribution in [0.25, 0.3) is 0 Å². The summed E-state index contributed by atoms with van der Waals surface area (Å²) < 4.78 is 11.2. The average molecular weight is 239 g/mol. The van der Waals surface area contributed by atoms with Crippen LogP contribution >= 0.6 is 0 Å². The lowest BCUT2D eigenvalue weighted by molar-refractivity contribution is 0.0149. The molecule has 1 atom stereocenters. The summed E-state index contributed by atoms with van der Waals surface area (Å²) in [5, 5.41) is 3.36. The second kappa shape index (κ2) is 6.82. The third kappa shape index (κ3) is 5.37. The van der Waals surface area contributed by atoms with E-state index in [2.05, 4.69) is 46.0 Å². The Hall–Kier alpha value is -0.800. The minimum absolute atomic E-state index is 0.261. The third-order valence-electron chi connectivity index (χ3n) is 2.85. The molecule has 0 aliphatic heterocycles. The number of hydrogen-bond donors (Lipinski definition) is 1. The predicted molar refractivity (Wildman–Crippen MR) is 69.8 cm³/mol. The van der Waals surface area contributed by atoms with Crippen molar-refractivity contribution in [2.75, 3.05) is 0 Å². The SMILES string of the molecule is CC(C)NCc1coc(COC(C)C(C)C)c1. The fourth-order valence-corrected chi connectivity index (χ4v) is 1.32. The highest BCUT2D eigenvalue weighted by Gasteiger charge is 2.09. The molecule has 17 heavy (non-hydrogen) atoms. The molecule has 3 heteroatoms. The number of ether oxygens (including phenoxy) is 1. The van der Waals surface area contributed by atoms with Gasteiger partial charge in [-0.05, 0) is 18.9 Å². The maximum Gasteiger partial charge on any atom is 0.129 e. The fraction of sp³-hybridized carbons (Fsp3) is 0.714. The zero-order valence-corrected chi connectivity index (χ0v) is 11.6. The number of nitrogens with one attached hydrogen (secondary N) is 1. The van der Waals surface area contributed by atoms with Gasteiger partial charge in [0.15, 0.2) is 0 Å². The van der Waals surface area contributed by atoms with Gasteiger partial charge in [-0.3, -0.25) is 0 Å². The van der Waals surface area contributed by atoms with E-state index in [4.69, 9.17) is 9.15 Å². The first kappa shape index (κ1) is 14.3. The Kier molecular flexibility index (Phi) is 5.72. The van der Waals surface area contributed by atoms with E-state index in [1.54, 1.807) is 6.26 Å². The molecule has 1 aromatic rings. The highest BCUT2D eigenvalue weighted by molar-refractivity contribution is 5.12. The quantitative estimate of drug-likeness (QED) is 0.792. The van der Waals surface area contributed by atoms with Crippen molar-refractivity contribution < 1.29 is 9.15 Å². The smallest absolute Gasteiger partial charge is 0.129 e. The Labute approximate surface area is 105 Å². The molecular formula is C14H25NO2. The third-order valence-corrected chi connectivity index (χ3v) is 2.85. The van der Waals surface area contributed by atoms with Crippen LogP contribution in [0.15, 0.2) is 16.7 Å². The van der Waals surface area contributed by atoms with Gasteiger partial charge in [0, 0.05) is 18.2 Å². The Bertz CT molecular complexity index is 318. The minimum atomic E-state index is 0.261. The van der Waals surface area contributed by atoms with E-state index in [1.807, 2.05) is 0 Å². The summed E-state index contributed by atoms with van der Waals surface area (Å²) in [7, 11) is 0. The van der Waals surface area contributed by atoms with Gasteiger partial charge in [0.05, 0.1) is 12.4 Å². The molecule has 0 aromatic carbocycles. The number of furan rings is 1.